The Labute approximate surface area is 141 Å². The van der Waals surface area contributed by atoms with E-state index in [-0.39, 0.29) is 12.1 Å². The zero-order valence-electron chi connectivity index (χ0n) is 12.6. The number of amides is 1. The van der Waals surface area contributed by atoms with Gasteiger partial charge in [-0.3, -0.25) is 29.9 Å². The van der Waals surface area contributed by atoms with Crippen molar-refractivity contribution in [3.05, 3.63) is 42.9 Å². The van der Waals surface area contributed by atoms with Crippen LogP contribution in [0.4, 0.5) is 11.4 Å². The second-order valence-corrected chi connectivity index (χ2v) is 5.43. The lowest BCUT2D eigenvalue weighted by molar-refractivity contribution is -0.394. The number of carbonyl (C=O) groups is 1. The zero-order chi connectivity index (χ0) is 17.7. The fourth-order valence-corrected chi connectivity index (χ4v) is 2.51. The number of nitrogens with zero attached hydrogens (tertiary/aromatic N) is 3. The highest BCUT2D eigenvalue weighted by Crippen LogP contribution is 2.32. The summed E-state index contributed by atoms with van der Waals surface area (Å²) >= 11 is 5.85. The van der Waals surface area contributed by atoms with Crippen LogP contribution in [-0.2, 0) is 4.74 Å². The number of nitrogens with one attached hydrogen (secondary N) is 1. The van der Waals surface area contributed by atoms with Crippen LogP contribution in [-0.4, -0.2) is 60.0 Å². The normalized spacial score (nSPS) is 15.0. The highest BCUT2D eigenvalue weighted by atomic mass is 35.5. The lowest BCUT2D eigenvalue weighted by Gasteiger charge is -2.26. The van der Waals surface area contributed by atoms with Crippen LogP contribution >= 0.6 is 11.6 Å². The molecule has 10 nitrogen and oxygen atoms in total. The number of rotatable bonds is 6. The van der Waals surface area contributed by atoms with Gasteiger partial charge in [0.1, 0.15) is 5.02 Å². The Hall–Kier alpha value is -2.30. The van der Waals surface area contributed by atoms with Crippen molar-refractivity contribution in [1.82, 2.24) is 10.2 Å². The van der Waals surface area contributed by atoms with Crippen LogP contribution < -0.4 is 5.32 Å². The number of halogens is 1. The van der Waals surface area contributed by atoms with Gasteiger partial charge in [-0.05, 0) is 0 Å². The minimum absolute atomic E-state index is 0.283. The molecule has 0 spiro atoms. The fourth-order valence-electron chi connectivity index (χ4n) is 2.25. The quantitative estimate of drug-likeness (QED) is 0.598. The highest BCUT2D eigenvalue weighted by molar-refractivity contribution is 6.36. The third-order valence-electron chi connectivity index (χ3n) is 3.51. The second-order valence-electron chi connectivity index (χ2n) is 5.05. The van der Waals surface area contributed by atoms with Crippen molar-refractivity contribution in [2.75, 3.05) is 39.4 Å². The van der Waals surface area contributed by atoms with E-state index in [0.29, 0.717) is 19.8 Å². The van der Waals surface area contributed by atoms with Crippen LogP contribution in [0, 0.1) is 20.2 Å². The SMILES string of the molecule is O=C(NCCN1CCOCC1)c1cc([N+](=O)[O-])cc([N+](=O)[O-])c1Cl. The van der Waals surface area contributed by atoms with E-state index in [2.05, 4.69) is 10.2 Å². The third kappa shape index (κ3) is 4.37. The molecule has 0 unspecified atom stereocenters. The molecule has 0 aliphatic carbocycles. The van der Waals surface area contributed by atoms with E-state index >= 15 is 0 Å². The molecule has 0 radical (unpaired) electrons. The van der Waals surface area contributed by atoms with Crippen LogP contribution in [0.25, 0.3) is 0 Å². The average Bonchev–Trinajstić information content (AvgIpc) is 2.55. The first kappa shape index (κ1) is 18.0. The molecule has 1 aliphatic heterocycles. The van der Waals surface area contributed by atoms with Gasteiger partial charge in [0.05, 0.1) is 34.7 Å². The molecule has 1 amide bonds. The van der Waals surface area contributed by atoms with E-state index in [9.17, 15) is 25.0 Å². The molecule has 11 heteroatoms. The maximum atomic E-state index is 12.2. The summed E-state index contributed by atoms with van der Waals surface area (Å²) in [4.78, 5) is 34.4. The Balaban J connectivity index is 2.09. The lowest BCUT2D eigenvalue weighted by Crippen LogP contribution is -2.41. The average molecular weight is 359 g/mol. The number of hydrogen-bond acceptors (Lipinski definition) is 7. The Kier molecular flexibility index (Phi) is 6.01. The molecule has 0 saturated carbocycles. The number of ether oxygens (including phenoxy) is 1. The third-order valence-corrected chi connectivity index (χ3v) is 3.90. The van der Waals surface area contributed by atoms with E-state index < -0.39 is 32.2 Å². The predicted octanol–water partition coefficient (Wildman–Crippen LogP) is 1.22. The molecule has 1 heterocycles. The molecule has 1 aliphatic rings. The summed E-state index contributed by atoms with van der Waals surface area (Å²) in [5, 5.41) is 24.0. The van der Waals surface area contributed by atoms with Crippen molar-refractivity contribution in [1.29, 1.82) is 0 Å². The van der Waals surface area contributed by atoms with Crippen LogP contribution in [0.2, 0.25) is 5.02 Å². The van der Waals surface area contributed by atoms with Crippen molar-refractivity contribution in [2.45, 2.75) is 0 Å². The van der Waals surface area contributed by atoms with Crippen molar-refractivity contribution in [3.63, 3.8) is 0 Å². The second kappa shape index (κ2) is 7.99. The monoisotopic (exact) mass is 358 g/mol. The van der Waals surface area contributed by atoms with Crippen LogP contribution in [0.1, 0.15) is 10.4 Å². The predicted molar refractivity (Wildman–Crippen MR) is 84.4 cm³/mol. The molecule has 130 valence electrons. The first-order valence-corrected chi connectivity index (χ1v) is 7.48. The standard InChI is InChI=1S/C13H15ClN4O6/c14-12-10(7-9(17(20)21)8-11(12)18(22)23)13(19)15-1-2-16-3-5-24-6-4-16/h7-8H,1-6H2,(H,15,19). The van der Waals surface area contributed by atoms with E-state index in [1.807, 2.05) is 0 Å². The van der Waals surface area contributed by atoms with Crippen molar-refractivity contribution >= 4 is 28.9 Å². The zero-order valence-corrected chi connectivity index (χ0v) is 13.3. The minimum atomic E-state index is -0.861. The molecule has 1 saturated heterocycles. The van der Waals surface area contributed by atoms with Gasteiger partial charge in [-0.1, -0.05) is 11.6 Å². The first-order chi connectivity index (χ1) is 11.4. The van der Waals surface area contributed by atoms with Crippen molar-refractivity contribution in [3.8, 4) is 0 Å². The largest absolute Gasteiger partial charge is 0.379 e. The number of morpholine rings is 1. The van der Waals surface area contributed by atoms with E-state index in [1.54, 1.807) is 0 Å². The molecule has 2 rings (SSSR count). The number of benzene rings is 1. The summed E-state index contributed by atoms with van der Waals surface area (Å²) in [6.07, 6.45) is 0. The molecular formula is C13H15ClN4O6. The van der Waals surface area contributed by atoms with Crippen LogP contribution in [0.5, 0.6) is 0 Å². The Morgan fingerprint density at radius 2 is 1.92 bits per heavy atom. The van der Waals surface area contributed by atoms with E-state index in [1.165, 1.54) is 0 Å². The maximum Gasteiger partial charge on any atom is 0.295 e. The Bertz CT molecular complexity index is 662. The van der Waals surface area contributed by atoms with Gasteiger partial charge in [0, 0.05) is 32.2 Å². The highest BCUT2D eigenvalue weighted by Gasteiger charge is 2.26. The molecular weight excluding hydrogens is 344 g/mol. The van der Waals surface area contributed by atoms with Gasteiger partial charge < -0.3 is 10.1 Å². The number of non-ortho nitro benzene ring substituents is 1. The fraction of sp³-hybridized carbons (Fsp3) is 0.462. The number of nitro benzene ring substituents is 2. The molecule has 24 heavy (non-hydrogen) atoms. The minimum Gasteiger partial charge on any atom is -0.379 e. The molecule has 0 atom stereocenters. The molecule has 1 aromatic rings. The number of nitro groups is 2. The summed E-state index contributed by atoms with van der Waals surface area (Å²) in [7, 11) is 0. The van der Waals surface area contributed by atoms with E-state index in [0.717, 1.165) is 25.2 Å². The van der Waals surface area contributed by atoms with Crippen LogP contribution in [0.3, 0.4) is 0 Å². The Morgan fingerprint density at radius 1 is 1.25 bits per heavy atom. The summed E-state index contributed by atoms with van der Waals surface area (Å²) in [5.74, 6) is -0.694. The first-order valence-electron chi connectivity index (χ1n) is 7.10. The topological polar surface area (TPSA) is 128 Å². The Morgan fingerprint density at radius 3 is 2.50 bits per heavy atom. The molecule has 0 bridgehead atoms. The van der Waals surface area contributed by atoms with Gasteiger partial charge in [0.25, 0.3) is 17.3 Å². The van der Waals surface area contributed by atoms with Gasteiger partial charge in [0.15, 0.2) is 0 Å². The molecule has 1 aromatic carbocycles. The van der Waals surface area contributed by atoms with Gasteiger partial charge in [-0.25, -0.2) is 0 Å². The van der Waals surface area contributed by atoms with Crippen molar-refractivity contribution in [2.24, 2.45) is 0 Å². The van der Waals surface area contributed by atoms with Gasteiger partial charge in [-0.15, -0.1) is 0 Å². The van der Waals surface area contributed by atoms with Gasteiger partial charge >= 0.3 is 0 Å². The molecule has 1 N–H and O–H groups in total. The smallest absolute Gasteiger partial charge is 0.295 e. The summed E-state index contributed by atoms with van der Waals surface area (Å²) in [5.41, 5.74) is -1.53. The number of carbonyl (C=O) groups excluding carboxylic acids is 1. The van der Waals surface area contributed by atoms with Gasteiger partial charge in [0.2, 0.25) is 0 Å². The van der Waals surface area contributed by atoms with Gasteiger partial charge in [-0.2, -0.15) is 0 Å². The summed E-state index contributed by atoms with van der Waals surface area (Å²) in [6.45, 7) is 3.60. The maximum absolute atomic E-state index is 12.2. The van der Waals surface area contributed by atoms with Crippen LogP contribution in [0.15, 0.2) is 12.1 Å². The lowest BCUT2D eigenvalue weighted by atomic mass is 10.1. The van der Waals surface area contributed by atoms with Crippen molar-refractivity contribution < 1.29 is 19.4 Å². The molecule has 0 aromatic heterocycles. The number of hydrogen-bond donors (Lipinski definition) is 1. The molecule has 1 fully saturated rings. The van der Waals surface area contributed by atoms with E-state index in [4.69, 9.17) is 16.3 Å². The summed E-state index contributed by atoms with van der Waals surface area (Å²) < 4.78 is 5.21. The summed E-state index contributed by atoms with van der Waals surface area (Å²) in [6, 6.07) is 1.66.